The first-order chi connectivity index (χ1) is 15.8. The number of hydrogen-bond donors (Lipinski definition) is 2. The monoisotopic (exact) mass is 530 g/mol. The second-order valence-electron chi connectivity index (χ2n) is 9.84. The van der Waals surface area contributed by atoms with Gasteiger partial charge in [0.15, 0.2) is 11.5 Å². The lowest BCUT2D eigenvalue weighted by molar-refractivity contribution is -0.213. The van der Waals surface area contributed by atoms with Crippen LogP contribution in [0.2, 0.25) is 0 Å². The van der Waals surface area contributed by atoms with Crippen molar-refractivity contribution in [1.82, 2.24) is 9.80 Å². The number of likely N-dealkylation sites (N-methyl/N-ethyl adjacent to an activating group) is 2. The normalized spacial score (nSPS) is 34.2. The molecule has 2 aliphatic heterocycles. The van der Waals surface area contributed by atoms with Crippen molar-refractivity contribution in [2.45, 2.75) is 54.9 Å². The molecular weight excluding hydrogens is 504 g/mol. The van der Waals surface area contributed by atoms with E-state index in [9.17, 15) is 15.0 Å². The molecule has 3 heterocycles. The van der Waals surface area contributed by atoms with Crippen molar-refractivity contribution < 1.29 is 19.7 Å². The molecule has 5 atom stereocenters. The molecule has 174 valence electrons. The molecule has 1 saturated heterocycles. The molecule has 1 aromatic carbocycles. The number of ether oxygens (including phenoxy) is 1. The average Bonchev–Trinajstić information content (AvgIpc) is 3.36. The first kappa shape index (κ1) is 21.6. The molecule has 6 nitrogen and oxygen atoms in total. The highest BCUT2D eigenvalue weighted by Gasteiger charge is 2.74. The number of aromatic hydroxyl groups is 1. The largest absolute Gasteiger partial charge is 0.504 e. The number of benzene rings is 1. The van der Waals surface area contributed by atoms with Crippen molar-refractivity contribution in [3.63, 3.8) is 0 Å². The van der Waals surface area contributed by atoms with Gasteiger partial charge in [-0.3, -0.25) is 4.79 Å². The van der Waals surface area contributed by atoms with Crippen LogP contribution in [0, 0.1) is 0 Å². The summed E-state index contributed by atoms with van der Waals surface area (Å²) in [5.41, 5.74) is 0.332. The molecule has 0 radical (unpaired) electrons. The number of phenols is 1. The van der Waals surface area contributed by atoms with Crippen LogP contribution in [0.25, 0.3) is 6.08 Å². The number of piperidine rings is 1. The van der Waals surface area contributed by atoms with E-state index in [1.54, 1.807) is 35.4 Å². The summed E-state index contributed by atoms with van der Waals surface area (Å²) in [6.07, 6.45) is 6.03. The van der Waals surface area contributed by atoms with E-state index in [1.807, 2.05) is 23.6 Å². The Kier molecular flexibility index (Phi) is 4.80. The van der Waals surface area contributed by atoms with Gasteiger partial charge < -0.3 is 24.7 Å². The zero-order chi connectivity index (χ0) is 23.1. The van der Waals surface area contributed by atoms with E-state index in [4.69, 9.17) is 4.74 Å². The number of likely N-dealkylation sites (tertiary alicyclic amines) is 1. The third-order valence-corrected chi connectivity index (χ3v) is 10.2. The van der Waals surface area contributed by atoms with Gasteiger partial charge in [0, 0.05) is 39.5 Å². The van der Waals surface area contributed by atoms with Crippen molar-refractivity contribution in [1.29, 1.82) is 0 Å². The highest BCUT2D eigenvalue weighted by atomic mass is 79.9. The maximum Gasteiger partial charge on any atom is 0.246 e. The van der Waals surface area contributed by atoms with Gasteiger partial charge in [0.1, 0.15) is 11.7 Å². The molecule has 1 amide bonds. The van der Waals surface area contributed by atoms with Gasteiger partial charge in [-0.15, -0.1) is 11.3 Å². The van der Waals surface area contributed by atoms with Crippen LogP contribution >= 0.6 is 27.3 Å². The van der Waals surface area contributed by atoms with Crippen LogP contribution < -0.4 is 4.74 Å². The lowest BCUT2D eigenvalue weighted by Crippen LogP contribution is -2.81. The lowest BCUT2D eigenvalue weighted by atomic mass is 9.47. The third-order valence-electron chi connectivity index (χ3n) is 8.51. The molecule has 1 spiro atoms. The van der Waals surface area contributed by atoms with E-state index in [-0.39, 0.29) is 29.8 Å². The number of rotatable bonds is 3. The van der Waals surface area contributed by atoms with Crippen LogP contribution in [0.1, 0.15) is 35.3 Å². The van der Waals surface area contributed by atoms with Gasteiger partial charge in [-0.2, -0.15) is 0 Å². The van der Waals surface area contributed by atoms with Crippen LogP contribution in [0.4, 0.5) is 0 Å². The van der Waals surface area contributed by atoms with Gasteiger partial charge in [-0.05, 0) is 79.0 Å². The predicted molar refractivity (Wildman–Crippen MR) is 131 cm³/mol. The van der Waals surface area contributed by atoms with E-state index >= 15 is 0 Å². The Morgan fingerprint density at radius 1 is 1.39 bits per heavy atom. The molecule has 2 aromatic rings. The number of hydrogen-bond acceptors (Lipinski definition) is 6. The molecule has 0 unspecified atom stereocenters. The zero-order valence-corrected chi connectivity index (χ0v) is 21.0. The minimum absolute atomic E-state index is 0.116. The van der Waals surface area contributed by atoms with Gasteiger partial charge in [0.25, 0.3) is 0 Å². The number of halogens is 1. The number of thiophene rings is 1. The summed E-state index contributed by atoms with van der Waals surface area (Å²) in [5.74, 6) is 0.564. The van der Waals surface area contributed by atoms with Crippen LogP contribution in [0.15, 0.2) is 34.1 Å². The lowest BCUT2D eigenvalue weighted by Gasteiger charge is -2.66. The Morgan fingerprint density at radius 3 is 2.97 bits per heavy atom. The van der Waals surface area contributed by atoms with Crippen LogP contribution in [0.5, 0.6) is 11.5 Å². The van der Waals surface area contributed by atoms with Gasteiger partial charge in [0.05, 0.1) is 11.5 Å². The fraction of sp³-hybridized carbons (Fsp3) is 0.480. The Bertz CT molecular complexity index is 1180. The summed E-state index contributed by atoms with van der Waals surface area (Å²) >= 11 is 5.02. The van der Waals surface area contributed by atoms with E-state index in [2.05, 4.69) is 27.9 Å². The minimum Gasteiger partial charge on any atom is -0.504 e. The quantitative estimate of drug-likeness (QED) is 0.593. The molecular formula is C25H27BrN2O4S. The molecule has 8 heteroatoms. The second kappa shape index (κ2) is 7.31. The maximum atomic E-state index is 13.3. The Hall–Kier alpha value is -1.87. The fourth-order valence-corrected chi connectivity index (χ4v) is 8.42. The molecule has 4 aliphatic rings. The molecule has 1 aromatic heterocycles. The Balaban J connectivity index is 1.43. The molecule has 1 saturated carbocycles. The summed E-state index contributed by atoms with van der Waals surface area (Å²) in [5, 5.41) is 25.3. The summed E-state index contributed by atoms with van der Waals surface area (Å²) < 4.78 is 7.35. The smallest absolute Gasteiger partial charge is 0.246 e. The van der Waals surface area contributed by atoms with E-state index in [1.165, 1.54) is 0 Å². The van der Waals surface area contributed by atoms with Crippen molar-refractivity contribution in [2.75, 3.05) is 20.6 Å². The fourth-order valence-electron chi connectivity index (χ4n) is 7.08. The highest BCUT2D eigenvalue weighted by molar-refractivity contribution is 9.10. The zero-order valence-electron chi connectivity index (χ0n) is 18.6. The molecule has 2 bridgehead atoms. The Morgan fingerprint density at radius 2 is 2.21 bits per heavy atom. The molecule has 33 heavy (non-hydrogen) atoms. The van der Waals surface area contributed by atoms with Gasteiger partial charge in [-0.1, -0.05) is 6.07 Å². The SMILES string of the molecule is CN1CC[C@]23c4c5ccc(O)c4O[C@H]2CC[C@H](N(C)C(=O)/C=C/c2cc(Br)cs2)[C@@]3(O)[C@H]1C5. The summed E-state index contributed by atoms with van der Waals surface area (Å²) in [6.45, 7) is 0.846. The van der Waals surface area contributed by atoms with E-state index in [0.29, 0.717) is 18.6 Å². The van der Waals surface area contributed by atoms with E-state index < -0.39 is 11.0 Å². The molecule has 6 rings (SSSR count). The summed E-state index contributed by atoms with van der Waals surface area (Å²) in [7, 11) is 3.87. The van der Waals surface area contributed by atoms with Crippen molar-refractivity contribution in [3.8, 4) is 11.5 Å². The summed E-state index contributed by atoms with van der Waals surface area (Å²) in [4.78, 5) is 18.2. The number of phenolic OH excluding ortho intramolecular Hbond substituents is 1. The van der Waals surface area contributed by atoms with Gasteiger partial charge >= 0.3 is 0 Å². The van der Waals surface area contributed by atoms with Crippen LogP contribution in [-0.2, 0) is 16.6 Å². The average molecular weight is 531 g/mol. The van der Waals surface area contributed by atoms with Crippen molar-refractivity contribution >= 4 is 39.2 Å². The number of nitrogens with zero attached hydrogens (tertiary/aromatic N) is 2. The first-order valence-corrected chi connectivity index (χ1v) is 13.1. The number of carbonyl (C=O) groups is 1. The summed E-state index contributed by atoms with van der Waals surface area (Å²) in [6, 6.07) is 5.20. The number of amides is 1. The van der Waals surface area contributed by atoms with Crippen molar-refractivity contribution in [3.05, 3.63) is 50.1 Å². The minimum atomic E-state index is -1.17. The topological polar surface area (TPSA) is 73.2 Å². The molecule has 2 aliphatic carbocycles. The van der Waals surface area contributed by atoms with Gasteiger partial charge in [-0.25, -0.2) is 0 Å². The second-order valence-corrected chi connectivity index (χ2v) is 11.7. The van der Waals surface area contributed by atoms with Crippen molar-refractivity contribution in [2.24, 2.45) is 0 Å². The predicted octanol–water partition coefficient (Wildman–Crippen LogP) is 3.54. The maximum absolute atomic E-state index is 13.3. The van der Waals surface area contributed by atoms with Crippen LogP contribution in [-0.4, -0.2) is 70.3 Å². The number of carbonyl (C=O) groups excluding carboxylic acids is 1. The number of aliphatic hydroxyl groups is 1. The first-order valence-electron chi connectivity index (χ1n) is 11.4. The highest BCUT2D eigenvalue weighted by Crippen LogP contribution is 2.65. The van der Waals surface area contributed by atoms with Crippen LogP contribution in [0.3, 0.4) is 0 Å². The van der Waals surface area contributed by atoms with Gasteiger partial charge in [0.2, 0.25) is 5.91 Å². The molecule has 2 N–H and O–H groups in total. The molecule has 2 fully saturated rings. The standard InChI is InChI=1S/C25H27BrN2O4S/c1-27-10-9-24-20-7-6-18(28(2)21(30)8-4-16-12-15(26)13-33-16)25(24,31)19(27)11-14-3-5-17(29)23(32-20)22(14)24/h3-5,8,12-13,18-20,29,31H,6-7,9-11H2,1-2H3/b8-4+/t18-,19+,20-,24+,25+/m0/s1. The van der Waals surface area contributed by atoms with E-state index in [0.717, 1.165) is 39.9 Å². The Labute approximate surface area is 205 Å². The third kappa shape index (κ3) is 2.75.